The molecule has 0 amide bonds. The van der Waals surface area contributed by atoms with Gasteiger partial charge in [0.2, 0.25) is 0 Å². The Labute approximate surface area is 145 Å². The third-order valence-corrected chi connectivity index (χ3v) is 4.14. The molecular weight excluding hydrogens is 348 g/mol. The number of hydrazone groups is 1. The maximum atomic E-state index is 4.45. The van der Waals surface area contributed by atoms with Crippen LogP contribution in [0.15, 0.2) is 88.4 Å². The van der Waals surface area contributed by atoms with E-state index in [9.17, 15) is 0 Å². The van der Waals surface area contributed by atoms with Gasteiger partial charge >= 0.3 is 0 Å². The van der Waals surface area contributed by atoms with Crippen LogP contribution in [0.5, 0.6) is 0 Å². The molecule has 2 nitrogen and oxygen atoms in total. The fourth-order valence-corrected chi connectivity index (χ4v) is 2.54. The number of hydrogen-bond acceptors (Lipinski definition) is 2. The molecule has 3 aromatic rings. The number of nitrogens with one attached hydrogen (secondary N) is 1. The summed E-state index contributed by atoms with van der Waals surface area (Å²) >= 11 is 3.42. The molecular formula is C20H17BrN2. The number of benzene rings is 3. The quantitative estimate of drug-likeness (QED) is 0.448. The number of halogens is 1. The number of nitrogens with zero attached hydrogens (tertiary/aromatic N) is 1. The van der Waals surface area contributed by atoms with Crippen molar-refractivity contribution >= 4 is 27.3 Å². The van der Waals surface area contributed by atoms with Crippen LogP contribution in [-0.4, -0.2) is 5.71 Å². The van der Waals surface area contributed by atoms with Crippen LogP contribution in [0.3, 0.4) is 0 Å². The normalized spacial score (nSPS) is 11.3. The van der Waals surface area contributed by atoms with Crippen molar-refractivity contribution in [2.45, 2.75) is 6.92 Å². The van der Waals surface area contributed by atoms with Gasteiger partial charge in [0.25, 0.3) is 0 Å². The molecule has 0 aliphatic rings. The van der Waals surface area contributed by atoms with Crippen LogP contribution in [0.1, 0.15) is 12.5 Å². The lowest BCUT2D eigenvalue weighted by Crippen LogP contribution is -1.99. The van der Waals surface area contributed by atoms with Crippen LogP contribution in [0, 0.1) is 0 Å². The van der Waals surface area contributed by atoms with Crippen LogP contribution in [0.2, 0.25) is 0 Å². The van der Waals surface area contributed by atoms with E-state index in [0.29, 0.717) is 0 Å². The van der Waals surface area contributed by atoms with Gasteiger partial charge in [-0.2, -0.15) is 5.10 Å². The van der Waals surface area contributed by atoms with E-state index in [1.807, 2.05) is 37.3 Å². The molecule has 0 bridgehead atoms. The van der Waals surface area contributed by atoms with Crippen LogP contribution >= 0.6 is 15.9 Å². The van der Waals surface area contributed by atoms with Crippen molar-refractivity contribution in [3.8, 4) is 11.1 Å². The van der Waals surface area contributed by atoms with Crippen molar-refractivity contribution < 1.29 is 0 Å². The van der Waals surface area contributed by atoms with Crippen molar-refractivity contribution in [2.24, 2.45) is 5.10 Å². The third-order valence-electron chi connectivity index (χ3n) is 3.61. The molecule has 0 aliphatic carbocycles. The highest BCUT2D eigenvalue weighted by Gasteiger charge is 2.00. The number of anilines is 1. The van der Waals surface area contributed by atoms with E-state index in [1.54, 1.807) is 0 Å². The summed E-state index contributed by atoms with van der Waals surface area (Å²) in [6.45, 7) is 2.00. The zero-order chi connectivity index (χ0) is 16.1. The fourth-order valence-electron chi connectivity index (χ4n) is 2.27. The Bertz CT molecular complexity index is 791. The van der Waals surface area contributed by atoms with Gasteiger partial charge < -0.3 is 0 Å². The van der Waals surface area contributed by atoms with Crippen molar-refractivity contribution in [3.05, 3.63) is 88.9 Å². The summed E-state index contributed by atoms with van der Waals surface area (Å²) in [7, 11) is 0. The molecule has 0 saturated heterocycles. The fraction of sp³-hybridized carbons (Fsp3) is 0.0500. The summed E-state index contributed by atoms with van der Waals surface area (Å²) in [5.41, 5.74) is 8.54. The summed E-state index contributed by atoms with van der Waals surface area (Å²) in [4.78, 5) is 0. The first-order valence-corrected chi connectivity index (χ1v) is 8.23. The average molecular weight is 365 g/mol. The first kappa shape index (κ1) is 15.5. The molecule has 0 heterocycles. The minimum atomic E-state index is 0.951. The molecule has 0 spiro atoms. The van der Waals surface area contributed by atoms with Crippen molar-refractivity contribution in [3.63, 3.8) is 0 Å². The highest BCUT2D eigenvalue weighted by Crippen LogP contribution is 2.19. The Balaban J connectivity index is 1.73. The Morgan fingerprint density at radius 1 is 0.783 bits per heavy atom. The Hall–Kier alpha value is -2.39. The second-order valence-electron chi connectivity index (χ2n) is 5.26. The third kappa shape index (κ3) is 4.08. The topological polar surface area (TPSA) is 24.4 Å². The molecule has 0 saturated carbocycles. The van der Waals surface area contributed by atoms with Gasteiger partial charge in [-0.05, 0) is 47.9 Å². The van der Waals surface area contributed by atoms with Gasteiger partial charge in [0.1, 0.15) is 0 Å². The molecule has 0 unspecified atom stereocenters. The Morgan fingerprint density at radius 3 is 2.04 bits per heavy atom. The molecule has 23 heavy (non-hydrogen) atoms. The zero-order valence-corrected chi connectivity index (χ0v) is 14.4. The summed E-state index contributed by atoms with van der Waals surface area (Å²) in [6.07, 6.45) is 0. The molecule has 3 heteroatoms. The molecule has 3 aromatic carbocycles. The summed E-state index contributed by atoms with van der Waals surface area (Å²) in [6, 6.07) is 26.8. The molecule has 0 aliphatic heterocycles. The lowest BCUT2D eigenvalue weighted by molar-refractivity contribution is 1.32. The van der Waals surface area contributed by atoms with E-state index >= 15 is 0 Å². The maximum absolute atomic E-state index is 4.45. The second-order valence-corrected chi connectivity index (χ2v) is 6.17. The molecule has 0 aromatic heterocycles. The van der Waals surface area contributed by atoms with Crippen LogP contribution in [0.4, 0.5) is 5.69 Å². The predicted octanol–water partition coefficient (Wildman–Crippen LogP) is 5.95. The van der Waals surface area contributed by atoms with Crippen molar-refractivity contribution in [1.82, 2.24) is 0 Å². The van der Waals surface area contributed by atoms with Gasteiger partial charge in [0.05, 0.1) is 11.4 Å². The van der Waals surface area contributed by atoms with Gasteiger partial charge in [-0.15, -0.1) is 0 Å². The highest BCUT2D eigenvalue weighted by molar-refractivity contribution is 9.10. The van der Waals surface area contributed by atoms with Crippen molar-refractivity contribution in [2.75, 3.05) is 5.43 Å². The van der Waals surface area contributed by atoms with Gasteiger partial charge in [-0.25, -0.2) is 0 Å². The lowest BCUT2D eigenvalue weighted by atomic mass is 10.0. The molecule has 1 N–H and O–H groups in total. The summed E-state index contributed by atoms with van der Waals surface area (Å²) in [5, 5.41) is 4.45. The Kier molecular flexibility index (Phi) is 4.89. The predicted molar refractivity (Wildman–Crippen MR) is 102 cm³/mol. The first-order chi connectivity index (χ1) is 11.2. The van der Waals surface area contributed by atoms with E-state index < -0.39 is 0 Å². The lowest BCUT2D eigenvalue weighted by Gasteiger charge is -2.06. The van der Waals surface area contributed by atoms with E-state index in [-0.39, 0.29) is 0 Å². The van der Waals surface area contributed by atoms with Gasteiger partial charge in [0.15, 0.2) is 0 Å². The Morgan fingerprint density at radius 2 is 1.39 bits per heavy atom. The largest absolute Gasteiger partial charge is 0.278 e. The molecule has 0 atom stereocenters. The van der Waals surface area contributed by atoms with E-state index in [0.717, 1.165) is 21.4 Å². The smallest absolute Gasteiger partial charge is 0.0648 e. The van der Waals surface area contributed by atoms with Crippen LogP contribution in [0.25, 0.3) is 11.1 Å². The molecule has 0 radical (unpaired) electrons. The SMILES string of the molecule is CC(=NNc1ccc(Br)cc1)c1ccc(-c2ccccc2)cc1. The van der Waals surface area contributed by atoms with Gasteiger partial charge in [-0.3, -0.25) is 5.43 Å². The average Bonchev–Trinajstić information content (AvgIpc) is 2.62. The summed E-state index contributed by atoms with van der Waals surface area (Å²) < 4.78 is 1.06. The highest BCUT2D eigenvalue weighted by atomic mass is 79.9. The minimum Gasteiger partial charge on any atom is -0.278 e. The maximum Gasteiger partial charge on any atom is 0.0648 e. The minimum absolute atomic E-state index is 0.951. The van der Waals surface area contributed by atoms with Crippen LogP contribution < -0.4 is 5.43 Å². The van der Waals surface area contributed by atoms with E-state index in [2.05, 4.69) is 75.0 Å². The standard InChI is InChI=1S/C20H17BrN2/c1-15(22-23-20-13-11-19(21)12-14-20)16-7-9-18(10-8-16)17-5-3-2-4-6-17/h2-14,23H,1H3. The monoisotopic (exact) mass is 364 g/mol. The van der Waals surface area contributed by atoms with Gasteiger partial charge in [0, 0.05) is 4.47 Å². The number of hydrogen-bond donors (Lipinski definition) is 1. The van der Waals surface area contributed by atoms with E-state index in [1.165, 1.54) is 11.1 Å². The van der Waals surface area contributed by atoms with Crippen LogP contribution in [-0.2, 0) is 0 Å². The zero-order valence-electron chi connectivity index (χ0n) is 12.8. The molecule has 114 valence electrons. The first-order valence-electron chi connectivity index (χ1n) is 7.44. The molecule has 0 fully saturated rings. The molecule has 3 rings (SSSR count). The van der Waals surface area contributed by atoms with E-state index in [4.69, 9.17) is 0 Å². The summed E-state index contributed by atoms with van der Waals surface area (Å²) in [5.74, 6) is 0. The van der Waals surface area contributed by atoms with Gasteiger partial charge in [-0.1, -0.05) is 70.5 Å². The second kappa shape index (κ2) is 7.25. The number of rotatable bonds is 4. The van der Waals surface area contributed by atoms with Crippen molar-refractivity contribution in [1.29, 1.82) is 0 Å².